The lowest BCUT2D eigenvalue weighted by Crippen LogP contribution is -2.63. The number of hydrogen-bond donors (Lipinski definition) is 1. The highest BCUT2D eigenvalue weighted by atomic mass is 16.5. The maximum Gasteiger partial charge on any atom is 0.282 e. The van der Waals surface area contributed by atoms with Crippen molar-refractivity contribution in [2.75, 3.05) is 11.4 Å². The van der Waals surface area contributed by atoms with Crippen LogP contribution < -0.4 is 15.0 Å². The standard InChI is InChI=1S/C18H25N3O3/c1-3-4-12-21-15-14(10-7-11-19-15)24-18(2,17(21)23)16(22)20-13-8-5-6-9-13/h7,10-11,13H,3-6,8-9,12H2,1-2H3,(H,20,22)/t18-/m0/s1. The normalized spacial score (nSPS) is 23.8. The molecule has 3 rings (SSSR count). The molecule has 1 aromatic rings. The molecule has 24 heavy (non-hydrogen) atoms. The molecular weight excluding hydrogens is 306 g/mol. The second kappa shape index (κ2) is 6.79. The van der Waals surface area contributed by atoms with Gasteiger partial charge in [0.25, 0.3) is 17.4 Å². The number of aromatic nitrogens is 1. The van der Waals surface area contributed by atoms with E-state index in [1.54, 1.807) is 30.2 Å². The van der Waals surface area contributed by atoms with E-state index >= 15 is 0 Å². The minimum atomic E-state index is -1.54. The van der Waals surface area contributed by atoms with E-state index in [0.717, 1.165) is 38.5 Å². The van der Waals surface area contributed by atoms with E-state index < -0.39 is 5.60 Å². The van der Waals surface area contributed by atoms with Crippen LogP contribution in [-0.4, -0.2) is 35.0 Å². The highest BCUT2D eigenvalue weighted by Gasteiger charge is 2.51. The Kier molecular flexibility index (Phi) is 4.73. The van der Waals surface area contributed by atoms with Crippen molar-refractivity contribution in [1.29, 1.82) is 0 Å². The van der Waals surface area contributed by atoms with Crippen molar-refractivity contribution in [3.8, 4) is 5.75 Å². The molecule has 1 N–H and O–H groups in total. The lowest BCUT2D eigenvalue weighted by molar-refractivity contribution is -0.149. The highest BCUT2D eigenvalue weighted by Crippen LogP contribution is 2.36. The molecule has 0 bridgehead atoms. The van der Waals surface area contributed by atoms with Crippen molar-refractivity contribution in [3.05, 3.63) is 18.3 Å². The second-order valence-corrected chi connectivity index (χ2v) is 6.73. The summed E-state index contributed by atoms with van der Waals surface area (Å²) in [7, 11) is 0. The summed E-state index contributed by atoms with van der Waals surface area (Å²) in [6, 6.07) is 3.65. The number of nitrogens with zero attached hydrogens (tertiary/aromatic N) is 2. The third kappa shape index (κ3) is 2.97. The van der Waals surface area contributed by atoms with E-state index in [4.69, 9.17) is 4.74 Å². The number of hydrogen-bond acceptors (Lipinski definition) is 4. The van der Waals surface area contributed by atoms with Crippen LogP contribution in [0.15, 0.2) is 18.3 Å². The summed E-state index contributed by atoms with van der Waals surface area (Å²) in [6.45, 7) is 4.17. The van der Waals surface area contributed by atoms with Crippen molar-refractivity contribution in [2.24, 2.45) is 0 Å². The van der Waals surface area contributed by atoms with E-state index in [0.29, 0.717) is 18.1 Å². The Morgan fingerprint density at radius 3 is 2.92 bits per heavy atom. The molecule has 0 radical (unpaired) electrons. The Morgan fingerprint density at radius 1 is 1.46 bits per heavy atom. The van der Waals surface area contributed by atoms with Crippen molar-refractivity contribution in [1.82, 2.24) is 10.3 Å². The molecular formula is C18H25N3O3. The fraction of sp³-hybridized carbons (Fsp3) is 0.611. The monoisotopic (exact) mass is 331 g/mol. The van der Waals surface area contributed by atoms with Crippen LogP contribution in [0.4, 0.5) is 5.82 Å². The molecule has 1 aliphatic heterocycles. The van der Waals surface area contributed by atoms with Gasteiger partial charge in [0.15, 0.2) is 11.6 Å². The molecule has 130 valence electrons. The first-order chi connectivity index (χ1) is 11.6. The van der Waals surface area contributed by atoms with E-state index in [-0.39, 0.29) is 17.9 Å². The molecule has 1 aromatic heterocycles. The largest absolute Gasteiger partial charge is 0.464 e. The maximum atomic E-state index is 13.0. The van der Waals surface area contributed by atoms with Crippen molar-refractivity contribution in [2.45, 2.75) is 64.0 Å². The number of anilines is 1. The van der Waals surface area contributed by atoms with Gasteiger partial charge in [-0.05, 0) is 38.3 Å². The first-order valence-corrected chi connectivity index (χ1v) is 8.83. The van der Waals surface area contributed by atoms with Gasteiger partial charge in [-0.15, -0.1) is 0 Å². The second-order valence-electron chi connectivity index (χ2n) is 6.73. The number of pyridine rings is 1. The fourth-order valence-corrected chi connectivity index (χ4v) is 3.34. The number of carbonyl (C=O) groups excluding carboxylic acids is 2. The molecule has 0 aromatic carbocycles. The number of amides is 2. The highest BCUT2D eigenvalue weighted by molar-refractivity contribution is 6.16. The van der Waals surface area contributed by atoms with Gasteiger partial charge in [-0.3, -0.25) is 14.5 Å². The van der Waals surface area contributed by atoms with Gasteiger partial charge in [-0.1, -0.05) is 26.2 Å². The Morgan fingerprint density at radius 2 is 2.21 bits per heavy atom. The SMILES string of the molecule is CCCCN1C(=O)[C@](C)(C(=O)NC2CCCC2)Oc2cccnc21. The summed E-state index contributed by atoms with van der Waals surface area (Å²) in [6.07, 6.45) is 7.61. The lowest BCUT2D eigenvalue weighted by atomic mass is 10.00. The summed E-state index contributed by atoms with van der Waals surface area (Å²) in [5.41, 5.74) is -1.54. The van der Waals surface area contributed by atoms with Gasteiger partial charge in [0, 0.05) is 18.8 Å². The number of rotatable bonds is 5. The quantitative estimate of drug-likeness (QED) is 0.841. The topological polar surface area (TPSA) is 71.5 Å². The van der Waals surface area contributed by atoms with Gasteiger partial charge in [-0.2, -0.15) is 0 Å². The smallest absolute Gasteiger partial charge is 0.282 e. The van der Waals surface area contributed by atoms with E-state index in [1.165, 1.54) is 0 Å². The summed E-state index contributed by atoms with van der Waals surface area (Å²) >= 11 is 0. The molecule has 1 fully saturated rings. The molecule has 6 heteroatoms. The first-order valence-electron chi connectivity index (χ1n) is 8.83. The molecule has 2 amide bonds. The van der Waals surface area contributed by atoms with Gasteiger partial charge in [0.2, 0.25) is 0 Å². The Labute approximate surface area is 142 Å². The lowest BCUT2D eigenvalue weighted by Gasteiger charge is -2.39. The number of ether oxygens (including phenoxy) is 1. The molecule has 0 unspecified atom stereocenters. The zero-order valence-electron chi connectivity index (χ0n) is 14.4. The summed E-state index contributed by atoms with van der Waals surface area (Å²) in [5, 5.41) is 3.00. The molecule has 2 aliphatic rings. The predicted molar refractivity (Wildman–Crippen MR) is 90.9 cm³/mol. The molecule has 1 saturated carbocycles. The van der Waals surface area contributed by atoms with Gasteiger partial charge >= 0.3 is 0 Å². The Bertz CT molecular complexity index is 628. The van der Waals surface area contributed by atoms with Crippen molar-refractivity contribution < 1.29 is 14.3 Å². The maximum absolute atomic E-state index is 13.0. The Hall–Kier alpha value is -2.11. The molecule has 2 heterocycles. The molecule has 1 atom stereocenters. The molecule has 0 saturated heterocycles. The number of carbonyl (C=O) groups is 2. The van der Waals surface area contributed by atoms with Gasteiger partial charge in [0.1, 0.15) is 0 Å². The molecule has 6 nitrogen and oxygen atoms in total. The van der Waals surface area contributed by atoms with Crippen LogP contribution in [0.5, 0.6) is 5.75 Å². The fourth-order valence-electron chi connectivity index (χ4n) is 3.34. The summed E-state index contributed by atoms with van der Waals surface area (Å²) in [5.74, 6) is 0.299. The van der Waals surface area contributed by atoms with E-state index in [1.807, 2.05) is 0 Å². The van der Waals surface area contributed by atoms with E-state index in [2.05, 4.69) is 17.2 Å². The van der Waals surface area contributed by atoms with Crippen molar-refractivity contribution >= 4 is 17.6 Å². The van der Waals surface area contributed by atoms with Crippen LogP contribution in [0.2, 0.25) is 0 Å². The molecule has 0 spiro atoms. The van der Waals surface area contributed by atoms with Crippen LogP contribution in [0.3, 0.4) is 0 Å². The number of fused-ring (bicyclic) bond motifs is 1. The van der Waals surface area contributed by atoms with Gasteiger partial charge < -0.3 is 10.1 Å². The van der Waals surface area contributed by atoms with Gasteiger partial charge in [-0.25, -0.2) is 4.98 Å². The Balaban J connectivity index is 1.87. The zero-order chi connectivity index (χ0) is 17.2. The minimum Gasteiger partial charge on any atom is -0.464 e. The van der Waals surface area contributed by atoms with Crippen LogP contribution in [0.25, 0.3) is 0 Å². The number of unbranched alkanes of at least 4 members (excludes halogenated alkanes) is 1. The summed E-state index contributed by atoms with van der Waals surface area (Å²) < 4.78 is 5.85. The average molecular weight is 331 g/mol. The van der Waals surface area contributed by atoms with Crippen LogP contribution >= 0.6 is 0 Å². The van der Waals surface area contributed by atoms with Gasteiger partial charge in [0.05, 0.1) is 0 Å². The molecule has 1 aliphatic carbocycles. The van der Waals surface area contributed by atoms with Crippen LogP contribution in [0.1, 0.15) is 52.4 Å². The minimum absolute atomic E-state index is 0.144. The summed E-state index contributed by atoms with van der Waals surface area (Å²) in [4.78, 5) is 31.7. The number of nitrogens with one attached hydrogen (secondary N) is 1. The predicted octanol–water partition coefficient (Wildman–Crippen LogP) is 2.42. The van der Waals surface area contributed by atoms with Crippen LogP contribution in [-0.2, 0) is 9.59 Å². The third-order valence-electron chi connectivity index (χ3n) is 4.83. The van der Waals surface area contributed by atoms with E-state index in [9.17, 15) is 9.59 Å². The average Bonchev–Trinajstić information content (AvgIpc) is 3.08. The third-order valence-corrected chi connectivity index (χ3v) is 4.83. The van der Waals surface area contributed by atoms with Crippen molar-refractivity contribution in [3.63, 3.8) is 0 Å². The first kappa shape index (κ1) is 16.7. The van der Waals surface area contributed by atoms with Crippen LogP contribution in [0, 0.1) is 0 Å². The zero-order valence-corrected chi connectivity index (χ0v) is 14.4.